The Morgan fingerprint density at radius 2 is 1.90 bits per heavy atom. The van der Waals surface area contributed by atoms with E-state index in [4.69, 9.17) is 0 Å². The zero-order valence-corrected chi connectivity index (χ0v) is 12.5. The summed E-state index contributed by atoms with van der Waals surface area (Å²) in [5, 5.41) is 10.8. The Morgan fingerprint density at radius 1 is 1.29 bits per heavy atom. The molecule has 0 aliphatic heterocycles. The van der Waals surface area contributed by atoms with Crippen molar-refractivity contribution in [2.75, 3.05) is 7.05 Å². The van der Waals surface area contributed by atoms with Crippen LogP contribution in [0.15, 0.2) is 23.1 Å². The van der Waals surface area contributed by atoms with Gasteiger partial charge in [0.05, 0.1) is 10.9 Å². The maximum Gasteiger partial charge on any atom is 0.243 e. The Balaban J connectivity index is 2.34. The molecule has 0 saturated heterocycles. The largest absolute Gasteiger partial charge is 0.545 e. The van der Waals surface area contributed by atoms with E-state index in [9.17, 15) is 22.7 Å². The van der Waals surface area contributed by atoms with Crippen molar-refractivity contribution in [3.63, 3.8) is 0 Å². The lowest BCUT2D eigenvalue weighted by atomic mass is 9.96. The first-order valence-corrected chi connectivity index (χ1v) is 8.27. The monoisotopic (exact) mass is 314 g/mol. The number of carbonyl (C=O) groups excluding carboxylic acids is 1. The van der Waals surface area contributed by atoms with Crippen molar-refractivity contribution in [1.29, 1.82) is 0 Å². The van der Waals surface area contributed by atoms with Gasteiger partial charge in [0.1, 0.15) is 5.82 Å². The summed E-state index contributed by atoms with van der Waals surface area (Å²) in [4.78, 5) is 10.6. The van der Waals surface area contributed by atoms with Gasteiger partial charge < -0.3 is 9.90 Å². The van der Waals surface area contributed by atoms with Gasteiger partial charge in [-0.15, -0.1) is 0 Å². The van der Waals surface area contributed by atoms with Crippen molar-refractivity contribution in [3.8, 4) is 0 Å². The molecule has 1 fully saturated rings. The number of nitrogens with zero attached hydrogens (tertiary/aromatic N) is 1. The number of benzene rings is 1. The van der Waals surface area contributed by atoms with Crippen molar-refractivity contribution in [1.82, 2.24) is 4.31 Å². The number of carboxylic acids is 1. The molecule has 0 aromatic heterocycles. The summed E-state index contributed by atoms with van der Waals surface area (Å²) < 4.78 is 39.6. The second-order valence-corrected chi connectivity index (χ2v) is 7.24. The first-order chi connectivity index (χ1) is 9.84. The number of hydrogen-bond acceptors (Lipinski definition) is 4. The van der Waals surface area contributed by atoms with Crippen LogP contribution in [0.1, 0.15) is 42.5 Å². The lowest BCUT2D eigenvalue weighted by Gasteiger charge is -2.30. The van der Waals surface area contributed by atoms with E-state index in [0.29, 0.717) is 0 Å². The summed E-state index contributed by atoms with van der Waals surface area (Å²) in [6.45, 7) is 0. The van der Waals surface area contributed by atoms with Crippen LogP contribution in [-0.2, 0) is 10.0 Å². The second kappa shape index (κ2) is 6.11. The molecule has 0 amide bonds. The van der Waals surface area contributed by atoms with Gasteiger partial charge in [-0.3, -0.25) is 0 Å². The van der Waals surface area contributed by atoms with E-state index in [2.05, 4.69) is 0 Å². The molecule has 7 heteroatoms. The van der Waals surface area contributed by atoms with Gasteiger partial charge in [-0.1, -0.05) is 19.3 Å². The summed E-state index contributed by atoms with van der Waals surface area (Å²) >= 11 is 0. The van der Waals surface area contributed by atoms with Gasteiger partial charge in [-0.25, -0.2) is 12.8 Å². The topological polar surface area (TPSA) is 77.5 Å². The molecule has 0 spiro atoms. The van der Waals surface area contributed by atoms with E-state index in [0.717, 1.165) is 50.3 Å². The smallest absolute Gasteiger partial charge is 0.243 e. The normalized spacial score (nSPS) is 17.1. The van der Waals surface area contributed by atoms with Crippen LogP contribution in [0.2, 0.25) is 0 Å². The van der Waals surface area contributed by atoms with E-state index >= 15 is 0 Å². The molecule has 1 aromatic rings. The number of halogens is 1. The van der Waals surface area contributed by atoms with Crippen LogP contribution in [0.25, 0.3) is 0 Å². The fourth-order valence-electron chi connectivity index (χ4n) is 2.63. The molecule has 0 atom stereocenters. The van der Waals surface area contributed by atoms with Crippen LogP contribution in [0.4, 0.5) is 4.39 Å². The summed E-state index contributed by atoms with van der Waals surface area (Å²) in [5.41, 5.74) is -0.742. The predicted octanol–water partition coefficient (Wildman–Crippen LogP) is 1.14. The van der Waals surface area contributed by atoms with Crippen LogP contribution < -0.4 is 5.11 Å². The molecular weight excluding hydrogens is 297 g/mol. The Morgan fingerprint density at radius 3 is 2.48 bits per heavy atom. The molecule has 1 saturated carbocycles. The first kappa shape index (κ1) is 15.9. The summed E-state index contributed by atoms with van der Waals surface area (Å²) in [6.07, 6.45) is 4.60. The fourth-order valence-corrected chi connectivity index (χ4v) is 4.07. The Hall–Kier alpha value is -1.47. The van der Waals surface area contributed by atoms with Gasteiger partial charge in [0, 0.05) is 18.7 Å². The van der Waals surface area contributed by atoms with Crippen LogP contribution in [0.5, 0.6) is 0 Å². The average molecular weight is 314 g/mol. The van der Waals surface area contributed by atoms with Crippen molar-refractivity contribution in [2.45, 2.75) is 43.0 Å². The molecule has 2 rings (SSSR count). The van der Waals surface area contributed by atoms with Gasteiger partial charge in [0.15, 0.2) is 0 Å². The lowest BCUT2D eigenvalue weighted by Crippen LogP contribution is -2.38. The van der Waals surface area contributed by atoms with E-state index in [1.165, 1.54) is 11.4 Å². The van der Waals surface area contributed by atoms with Gasteiger partial charge >= 0.3 is 0 Å². The third-order valence-electron chi connectivity index (χ3n) is 3.92. The highest BCUT2D eigenvalue weighted by Crippen LogP contribution is 2.27. The van der Waals surface area contributed by atoms with Crippen LogP contribution in [-0.4, -0.2) is 31.8 Å². The maximum absolute atomic E-state index is 13.3. The fraction of sp³-hybridized carbons (Fsp3) is 0.500. The van der Waals surface area contributed by atoms with Gasteiger partial charge in [0.25, 0.3) is 0 Å². The standard InChI is InChI=1S/C14H18FNO4S/c1-16(10-5-3-2-4-6-10)21(19,20)11-7-8-13(15)12(9-11)14(17)18/h7-10H,2-6H2,1H3,(H,17,18)/p-1. The van der Waals surface area contributed by atoms with Gasteiger partial charge in [0.2, 0.25) is 10.0 Å². The molecule has 1 aromatic carbocycles. The molecule has 0 heterocycles. The van der Waals surface area contributed by atoms with Crippen molar-refractivity contribution in [3.05, 3.63) is 29.6 Å². The minimum atomic E-state index is -3.84. The molecule has 1 aliphatic rings. The predicted molar refractivity (Wildman–Crippen MR) is 72.6 cm³/mol. The summed E-state index contributed by atoms with van der Waals surface area (Å²) in [7, 11) is -2.36. The minimum Gasteiger partial charge on any atom is -0.545 e. The Bertz CT molecular complexity index is 638. The number of carboxylic acid groups (broad SMARTS) is 1. The molecule has 0 bridgehead atoms. The number of sulfonamides is 1. The summed E-state index contributed by atoms with van der Waals surface area (Å²) in [5.74, 6) is -2.74. The number of hydrogen-bond donors (Lipinski definition) is 0. The maximum atomic E-state index is 13.3. The number of rotatable bonds is 4. The highest BCUT2D eigenvalue weighted by molar-refractivity contribution is 7.89. The molecule has 0 N–H and O–H groups in total. The zero-order valence-electron chi connectivity index (χ0n) is 11.7. The molecule has 5 nitrogen and oxygen atoms in total. The minimum absolute atomic E-state index is 0.0970. The zero-order chi connectivity index (χ0) is 15.6. The highest BCUT2D eigenvalue weighted by atomic mass is 32.2. The highest BCUT2D eigenvalue weighted by Gasteiger charge is 2.29. The molecule has 1 aliphatic carbocycles. The van der Waals surface area contributed by atoms with Crippen LogP contribution >= 0.6 is 0 Å². The van der Waals surface area contributed by atoms with Gasteiger partial charge in [-0.05, 0) is 31.0 Å². The Kier molecular flexibility index (Phi) is 4.63. The Labute approximate surface area is 123 Å². The van der Waals surface area contributed by atoms with Crippen molar-refractivity contribution in [2.24, 2.45) is 0 Å². The van der Waals surface area contributed by atoms with E-state index < -0.39 is 27.4 Å². The lowest BCUT2D eigenvalue weighted by molar-refractivity contribution is -0.255. The van der Waals surface area contributed by atoms with Crippen LogP contribution in [0.3, 0.4) is 0 Å². The van der Waals surface area contributed by atoms with E-state index in [-0.39, 0.29) is 10.9 Å². The second-order valence-electron chi connectivity index (χ2n) is 5.24. The van der Waals surface area contributed by atoms with E-state index in [1.54, 1.807) is 0 Å². The average Bonchev–Trinajstić information content (AvgIpc) is 2.47. The molecule has 0 radical (unpaired) electrons. The first-order valence-electron chi connectivity index (χ1n) is 6.83. The SMILES string of the molecule is CN(C1CCCCC1)S(=O)(=O)c1ccc(F)c(C(=O)[O-])c1. The molecule has 21 heavy (non-hydrogen) atoms. The number of carbonyl (C=O) groups is 1. The number of aromatic carboxylic acids is 1. The molecule has 116 valence electrons. The van der Waals surface area contributed by atoms with E-state index in [1.807, 2.05) is 0 Å². The third kappa shape index (κ3) is 3.24. The van der Waals surface area contributed by atoms with Crippen molar-refractivity contribution >= 4 is 16.0 Å². The molecular formula is C14H17FNO4S-. The van der Waals surface area contributed by atoms with Gasteiger partial charge in [-0.2, -0.15) is 4.31 Å². The third-order valence-corrected chi connectivity index (χ3v) is 5.83. The molecule has 0 unspecified atom stereocenters. The van der Waals surface area contributed by atoms with Crippen molar-refractivity contribution < 1.29 is 22.7 Å². The van der Waals surface area contributed by atoms with Crippen LogP contribution in [0, 0.1) is 5.82 Å². The summed E-state index contributed by atoms with van der Waals surface area (Å²) in [6, 6.07) is 2.64. The quantitative estimate of drug-likeness (QED) is 0.835.